The molecule has 1 aliphatic rings. The molecule has 0 bridgehead atoms. The molecular weight excluding hydrogens is 336 g/mol. The molecule has 0 unspecified atom stereocenters. The van der Waals surface area contributed by atoms with Gasteiger partial charge in [0.25, 0.3) is 5.91 Å². The molecule has 1 heterocycles. The minimum Gasteiger partial charge on any atom is -0.481 e. The quantitative estimate of drug-likeness (QED) is 0.717. The Hall–Kier alpha value is -2.49. The summed E-state index contributed by atoms with van der Waals surface area (Å²) in [5.74, 6) is 0.728. The molecular formula is C23H30N2O2. The van der Waals surface area contributed by atoms with Crippen LogP contribution >= 0.6 is 0 Å². The van der Waals surface area contributed by atoms with E-state index >= 15 is 0 Å². The highest BCUT2D eigenvalue weighted by Crippen LogP contribution is 2.27. The monoisotopic (exact) mass is 366 g/mol. The first kappa shape index (κ1) is 19.3. The molecule has 0 radical (unpaired) electrons. The largest absolute Gasteiger partial charge is 0.481 e. The van der Waals surface area contributed by atoms with E-state index in [2.05, 4.69) is 48.3 Å². The lowest BCUT2D eigenvalue weighted by Gasteiger charge is -2.20. The molecule has 4 nitrogen and oxygen atoms in total. The molecule has 1 N–H and O–H groups in total. The van der Waals surface area contributed by atoms with E-state index < -0.39 is 6.10 Å². The second-order valence-corrected chi connectivity index (χ2v) is 7.27. The van der Waals surface area contributed by atoms with E-state index in [-0.39, 0.29) is 5.91 Å². The van der Waals surface area contributed by atoms with Gasteiger partial charge < -0.3 is 15.0 Å². The lowest BCUT2D eigenvalue weighted by atomic mass is 10.1. The number of nitrogens with zero attached hydrogens (tertiary/aromatic N) is 1. The average molecular weight is 367 g/mol. The van der Waals surface area contributed by atoms with Crippen molar-refractivity contribution in [3.05, 3.63) is 59.2 Å². The molecule has 0 aliphatic carbocycles. The summed E-state index contributed by atoms with van der Waals surface area (Å²) in [5, 5.41) is 3.04. The smallest absolute Gasteiger partial charge is 0.261 e. The highest BCUT2D eigenvalue weighted by atomic mass is 16.5. The fraction of sp³-hybridized carbons (Fsp3) is 0.435. The Balaban J connectivity index is 1.44. The number of anilines is 1. The number of hydrogen-bond donors (Lipinski definition) is 1. The van der Waals surface area contributed by atoms with E-state index in [1.165, 1.54) is 22.4 Å². The molecule has 1 atom stereocenters. The maximum atomic E-state index is 12.5. The summed E-state index contributed by atoms with van der Waals surface area (Å²) in [6.07, 6.45) is 2.25. The average Bonchev–Trinajstić information content (AvgIpc) is 3.09. The summed E-state index contributed by atoms with van der Waals surface area (Å²) in [5.41, 5.74) is 5.17. The zero-order valence-corrected chi connectivity index (χ0v) is 16.6. The lowest BCUT2D eigenvalue weighted by Crippen LogP contribution is -2.39. The number of para-hydroxylation sites is 1. The van der Waals surface area contributed by atoms with Crippen molar-refractivity contribution in [1.82, 2.24) is 5.32 Å². The van der Waals surface area contributed by atoms with Gasteiger partial charge in [0.15, 0.2) is 6.10 Å². The van der Waals surface area contributed by atoms with Crippen molar-refractivity contribution < 1.29 is 9.53 Å². The molecule has 1 aliphatic heterocycles. The number of fused-ring (bicyclic) bond motifs is 1. The lowest BCUT2D eigenvalue weighted by molar-refractivity contribution is -0.128. The Bertz CT molecular complexity index is 788. The molecule has 144 valence electrons. The van der Waals surface area contributed by atoms with Crippen molar-refractivity contribution >= 4 is 11.6 Å². The molecule has 4 heteroatoms. The number of nitrogens with one attached hydrogen (secondary N) is 1. The standard InChI is InChI=1S/C23H30N2O2/c1-4-22(27-20-11-10-17(2)18(3)16-20)23(26)24-13-7-14-25-15-12-19-8-5-6-9-21(19)25/h5-6,8-11,16,22H,4,7,12-15H2,1-3H3,(H,24,26)/t22-/m0/s1. The van der Waals surface area contributed by atoms with Crippen LogP contribution in [0.15, 0.2) is 42.5 Å². The van der Waals surface area contributed by atoms with E-state index in [4.69, 9.17) is 4.74 Å². The topological polar surface area (TPSA) is 41.6 Å². The first-order valence-electron chi connectivity index (χ1n) is 9.93. The summed E-state index contributed by atoms with van der Waals surface area (Å²) >= 11 is 0. The molecule has 27 heavy (non-hydrogen) atoms. The van der Waals surface area contributed by atoms with Gasteiger partial charge in [-0.2, -0.15) is 0 Å². The van der Waals surface area contributed by atoms with E-state index in [1.54, 1.807) is 0 Å². The van der Waals surface area contributed by atoms with Gasteiger partial charge in [-0.1, -0.05) is 31.2 Å². The summed E-state index contributed by atoms with van der Waals surface area (Å²) in [6, 6.07) is 14.5. The van der Waals surface area contributed by atoms with Crippen LogP contribution in [0.5, 0.6) is 5.75 Å². The third kappa shape index (κ3) is 4.82. The van der Waals surface area contributed by atoms with Gasteiger partial charge in [-0.15, -0.1) is 0 Å². The normalized spacial score (nSPS) is 14.0. The van der Waals surface area contributed by atoms with Crippen LogP contribution in [0.2, 0.25) is 0 Å². The Morgan fingerprint density at radius 3 is 2.78 bits per heavy atom. The zero-order chi connectivity index (χ0) is 19.2. The maximum absolute atomic E-state index is 12.5. The number of carbonyl (C=O) groups is 1. The van der Waals surface area contributed by atoms with Crippen molar-refractivity contribution in [2.24, 2.45) is 0 Å². The van der Waals surface area contributed by atoms with Crippen molar-refractivity contribution in [1.29, 1.82) is 0 Å². The minimum atomic E-state index is -0.445. The van der Waals surface area contributed by atoms with E-state index in [9.17, 15) is 4.79 Å². The molecule has 0 aromatic heterocycles. The Morgan fingerprint density at radius 2 is 2.00 bits per heavy atom. The molecule has 0 saturated carbocycles. The number of carbonyl (C=O) groups excluding carboxylic acids is 1. The van der Waals surface area contributed by atoms with Crippen LogP contribution in [-0.2, 0) is 11.2 Å². The SMILES string of the molecule is CC[C@H](Oc1ccc(C)c(C)c1)C(=O)NCCCN1CCc2ccccc21. The third-order valence-electron chi connectivity index (χ3n) is 5.31. The fourth-order valence-electron chi connectivity index (χ4n) is 3.51. The molecule has 3 rings (SSSR count). The number of aryl methyl sites for hydroxylation is 2. The van der Waals surface area contributed by atoms with Crippen LogP contribution in [0.4, 0.5) is 5.69 Å². The van der Waals surface area contributed by atoms with Gasteiger partial charge in [0.05, 0.1) is 0 Å². The maximum Gasteiger partial charge on any atom is 0.261 e. The minimum absolute atomic E-state index is 0.0300. The van der Waals surface area contributed by atoms with E-state index in [0.717, 1.165) is 31.7 Å². The van der Waals surface area contributed by atoms with Gasteiger partial charge in [-0.25, -0.2) is 0 Å². The summed E-state index contributed by atoms with van der Waals surface area (Å²) in [4.78, 5) is 14.9. The first-order valence-corrected chi connectivity index (χ1v) is 9.93. The zero-order valence-electron chi connectivity index (χ0n) is 16.6. The first-order chi connectivity index (χ1) is 13.1. The van der Waals surface area contributed by atoms with Crippen molar-refractivity contribution in [3.63, 3.8) is 0 Å². The Morgan fingerprint density at radius 1 is 1.19 bits per heavy atom. The summed E-state index contributed by atoms with van der Waals surface area (Å²) in [7, 11) is 0. The van der Waals surface area contributed by atoms with Crippen molar-refractivity contribution in [2.75, 3.05) is 24.5 Å². The molecule has 2 aromatic rings. The van der Waals surface area contributed by atoms with Crippen LogP contribution in [0.25, 0.3) is 0 Å². The highest BCUT2D eigenvalue weighted by Gasteiger charge is 2.20. The van der Waals surface area contributed by atoms with Crippen molar-refractivity contribution in [3.8, 4) is 5.75 Å². The number of rotatable bonds is 8. The highest BCUT2D eigenvalue weighted by molar-refractivity contribution is 5.81. The van der Waals surface area contributed by atoms with E-state index in [0.29, 0.717) is 13.0 Å². The Kier molecular flexibility index (Phi) is 6.38. The fourth-order valence-corrected chi connectivity index (χ4v) is 3.51. The molecule has 0 fully saturated rings. The second kappa shape index (κ2) is 8.94. The van der Waals surface area contributed by atoms with Gasteiger partial charge in [0.2, 0.25) is 0 Å². The summed E-state index contributed by atoms with van der Waals surface area (Å²) < 4.78 is 5.92. The van der Waals surface area contributed by atoms with Gasteiger partial charge in [0, 0.05) is 25.3 Å². The van der Waals surface area contributed by atoms with Crippen LogP contribution < -0.4 is 15.0 Å². The van der Waals surface area contributed by atoms with Crippen LogP contribution in [-0.4, -0.2) is 31.6 Å². The van der Waals surface area contributed by atoms with Gasteiger partial charge in [-0.05, 0) is 68.0 Å². The van der Waals surface area contributed by atoms with Crippen molar-refractivity contribution in [2.45, 2.75) is 46.1 Å². The van der Waals surface area contributed by atoms with E-state index in [1.807, 2.05) is 25.1 Å². The predicted molar refractivity (Wildman–Crippen MR) is 111 cm³/mol. The number of hydrogen-bond acceptors (Lipinski definition) is 3. The predicted octanol–water partition coefficient (Wildman–Crippen LogP) is 4.03. The second-order valence-electron chi connectivity index (χ2n) is 7.27. The van der Waals surface area contributed by atoms with Gasteiger partial charge in [-0.3, -0.25) is 4.79 Å². The van der Waals surface area contributed by atoms with Gasteiger partial charge in [0.1, 0.15) is 5.75 Å². The van der Waals surface area contributed by atoms with Gasteiger partial charge >= 0.3 is 0 Å². The Labute approximate surface area is 162 Å². The van der Waals surface area contributed by atoms with Crippen LogP contribution in [0.1, 0.15) is 36.5 Å². The summed E-state index contributed by atoms with van der Waals surface area (Å²) in [6.45, 7) is 8.81. The molecule has 1 amide bonds. The number of amides is 1. The molecule has 0 saturated heterocycles. The van der Waals surface area contributed by atoms with Crippen LogP contribution in [0.3, 0.4) is 0 Å². The van der Waals surface area contributed by atoms with Crippen LogP contribution in [0, 0.1) is 13.8 Å². The third-order valence-corrected chi connectivity index (χ3v) is 5.31. The molecule has 2 aromatic carbocycles. The number of ether oxygens (including phenoxy) is 1. The molecule has 0 spiro atoms. The number of benzene rings is 2.